The number of aliphatic hydroxyl groups is 1. The molecule has 0 aliphatic heterocycles. The molecule has 1 fully saturated rings. The van der Waals surface area contributed by atoms with Crippen molar-refractivity contribution in [1.29, 1.82) is 0 Å². The lowest BCUT2D eigenvalue weighted by molar-refractivity contribution is 0.0319. The van der Waals surface area contributed by atoms with Gasteiger partial charge in [-0.1, -0.05) is 13.8 Å². The van der Waals surface area contributed by atoms with Crippen LogP contribution in [0.15, 0.2) is 5.38 Å². The summed E-state index contributed by atoms with van der Waals surface area (Å²) < 4.78 is 26.1. The lowest BCUT2D eigenvalue weighted by atomic mass is 9.92. The molecule has 0 saturated heterocycles. The molecular weight excluding hydrogens is 284 g/mol. The quantitative estimate of drug-likeness (QED) is 0.809. The van der Waals surface area contributed by atoms with Crippen LogP contribution in [0.5, 0.6) is 0 Å². The molecule has 1 heterocycles. The third kappa shape index (κ3) is 3.67. The second-order valence-electron chi connectivity index (χ2n) is 5.10. The standard InChI is InChI=1S/C12H20N2O3S2/c1-3-12(15,4-2)7-9-8-18-11(13-9)14-19(16,17)10-5-6-10/h8,10,15H,3-7H2,1-2H3,(H,13,14). The molecule has 0 aromatic carbocycles. The van der Waals surface area contributed by atoms with Crippen LogP contribution in [0.4, 0.5) is 5.13 Å². The van der Waals surface area contributed by atoms with Crippen LogP contribution in [0.2, 0.25) is 0 Å². The molecule has 0 atom stereocenters. The number of nitrogens with one attached hydrogen (secondary N) is 1. The van der Waals surface area contributed by atoms with Crippen molar-refractivity contribution in [2.45, 2.75) is 56.8 Å². The summed E-state index contributed by atoms with van der Waals surface area (Å²) in [6, 6.07) is 0. The molecular formula is C12H20N2O3S2. The minimum Gasteiger partial charge on any atom is -0.390 e. The Kier molecular flexibility index (Phi) is 4.17. The van der Waals surface area contributed by atoms with E-state index in [1.54, 1.807) is 5.38 Å². The number of hydrogen-bond acceptors (Lipinski definition) is 5. The lowest BCUT2D eigenvalue weighted by Gasteiger charge is -2.23. The van der Waals surface area contributed by atoms with Crippen LogP contribution in [0.25, 0.3) is 0 Å². The summed E-state index contributed by atoms with van der Waals surface area (Å²) in [5.74, 6) is 0. The molecule has 108 valence electrons. The van der Waals surface area contributed by atoms with E-state index in [9.17, 15) is 13.5 Å². The van der Waals surface area contributed by atoms with Gasteiger partial charge in [0.15, 0.2) is 5.13 Å². The van der Waals surface area contributed by atoms with Gasteiger partial charge in [-0.15, -0.1) is 11.3 Å². The Morgan fingerprint density at radius 2 is 2.11 bits per heavy atom. The zero-order valence-electron chi connectivity index (χ0n) is 11.2. The smallest absolute Gasteiger partial charge is 0.237 e. The first-order valence-electron chi connectivity index (χ1n) is 6.57. The highest BCUT2D eigenvalue weighted by Gasteiger charge is 2.36. The van der Waals surface area contributed by atoms with E-state index in [0.29, 0.717) is 24.4 Å². The fourth-order valence-corrected chi connectivity index (χ4v) is 4.16. The summed E-state index contributed by atoms with van der Waals surface area (Å²) in [6.07, 6.45) is 3.24. The van der Waals surface area contributed by atoms with Gasteiger partial charge in [0.05, 0.1) is 16.5 Å². The third-order valence-corrected chi connectivity index (χ3v) is 6.33. The molecule has 0 amide bonds. The summed E-state index contributed by atoms with van der Waals surface area (Å²) >= 11 is 1.27. The molecule has 1 aromatic heterocycles. The first-order valence-corrected chi connectivity index (χ1v) is 8.99. The Balaban J connectivity index is 2.03. The first-order chi connectivity index (χ1) is 8.88. The predicted octanol–water partition coefficient (Wildman–Crippen LogP) is 2.14. The molecule has 1 aliphatic carbocycles. The van der Waals surface area contributed by atoms with Crippen LogP contribution in [-0.4, -0.2) is 29.4 Å². The summed E-state index contributed by atoms with van der Waals surface area (Å²) in [5, 5.41) is 12.2. The van der Waals surface area contributed by atoms with Crippen molar-refractivity contribution in [3.05, 3.63) is 11.1 Å². The van der Waals surface area contributed by atoms with E-state index in [-0.39, 0.29) is 5.25 Å². The molecule has 0 unspecified atom stereocenters. The van der Waals surface area contributed by atoms with Crippen molar-refractivity contribution in [3.63, 3.8) is 0 Å². The summed E-state index contributed by atoms with van der Waals surface area (Å²) in [7, 11) is -3.25. The molecule has 0 radical (unpaired) electrons. The van der Waals surface area contributed by atoms with Crippen molar-refractivity contribution in [3.8, 4) is 0 Å². The second kappa shape index (κ2) is 5.38. The number of hydrogen-bond donors (Lipinski definition) is 2. The molecule has 2 N–H and O–H groups in total. The van der Waals surface area contributed by atoms with Gasteiger partial charge < -0.3 is 5.11 Å². The third-order valence-electron chi connectivity index (χ3n) is 3.57. The van der Waals surface area contributed by atoms with E-state index in [1.807, 2.05) is 13.8 Å². The minimum absolute atomic E-state index is 0.247. The molecule has 7 heteroatoms. The van der Waals surface area contributed by atoms with Crippen LogP contribution in [0.1, 0.15) is 45.2 Å². The van der Waals surface area contributed by atoms with Crippen LogP contribution in [0, 0.1) is 0 Å². The van der Waals surface area contributed by atoms with E-state index in [1.165, 1.54) is 11.3 Å². The highest BCUT2D eigenvalue weighted by atomic mass is 32.2. The van der Waals surface area contributed by atoms with Crippen LogP contribution < -0.4 is 4.72 Å². The van der Waals surface area contributed by atoms with Crippen molar-refractivity contribution in [2.75, 3.05) is 4.72 Å². The zero-order valence-corrected chi connectivity index (χ0v) is 12.9. The minimum atomic E-state index is -3.25. The van der Waals surface area contributed by atoms with Gasteiger partial charge in [0, 0.05) is 11.8 Å². The van der Waals surface area contributed by atoms with Crippen molar-refractivity contribution >= 4 is 26.5 Å². The second-order valence-corrected chi connectivity index (χ2v) is 7.92. The monoisotopic (exact) mass is 304 g/mol. The lowest BCUT2D eigenvalue weighted by Crippen LogP contribution is -2.29. The van der Waals surface area contributed by atoms with Gasteiger partial charge in [0.2, 0.25) is 10.0 Å². The molecule has 1 aliphatic rings. The Labute approximate surface area is 118 Å². The summed E-state index contributed by atoms with van der Waals surface area (Å²) in [6.45, 7) is 3.87. The van der Waals surface area contributed by atoms with Crippen LogP contribution in [0.3, 0.4) is 0 Å². The number of nitrogens with zero attached hydrogens (tertiary/aromatic N) is 1. The highest BCUT2D eigenvalue weighted by Crippen LogP contribution is 2.31. The van der Waals surface area contributed by atoms with Crippen LogP contribution in [-0.2, 0) is 16.4 Å². The van der Waals surface area contributed by atoms with Gasteiger partial charge in [-0.2, -0.15) is 0 Å². The SMILES string of the molecule is CCC(O)(CC)Cc1csc(NS(=O)(=O)C2CC2)n1. The normalized spacial score (nSPS) is 16.6. The van der Waals surface area contributed by atoms with Gasteiger partial charge >= 0.3 is 0 Å². The molecule has 2 rings (SSSR count). The van der Waals surface area contributed by atoms with Gasteiger partial charge in [-0.25, -0.2) is 13.4 Å². The number of rotatable bonds is 7. The Morgan fingerprint density at radius 1 is 1.47 bits per heavy atom. The van der Waals surface area contributed by atoms with E-state index >= 15 is 0 Å². The van der Waals surface area contributed by atoms with Crippen molar-refractivity contribution < 1.29 is 13.5 Å². The fraction of sp³-hybridized carbons (Fsp3) is 0.750. The fourth-order valence-electron chi connectivity index (χ4n) is 1.86. The van der Waals surface area contributed by atoms with Crippen molar-refractivity contribution in [1.82, 2.24) is 4.98 Å². The average Bonchev–Trinajstić information content (AvgIpc) is 3.14. The Hall–Kier alpha value is -0.660. The van der Waals surface area contributed by atoms with Crippen LogP contribution >= 0.6 is 11.3 Å². The number of anilines is 1. The molecule has 19 heavy (non-hydrogen) atoms. The van der Waals surface area contributed by atoms with Gasteiger partial charge in [-0.05, 0) is 25.7 Å². The highest BCUT2D eigenvalue weighted by molar-refractivity contribution is 7.93. The summed E-state index contributed by atoms with van der Waals surface area (Å²) in [5.41, 5.74) is -0.00883. The maximum atomic E-state index is 11.8. The Morgan fingerprint density at radius 3 is 2.63 bits per heavy atom. The van der Waals surface area contributed by atoms with E-state index in [4.69, 9.17) is 0 Å². The van der Waals surface area contributed by atoms with Gasteiger partial charge in [0.1, 0.15) is 0 Å². The number of aromatic nitrogens is 1. The van der Waals surface area contributed by atoms with E-state index < -0.39 is 15.6 Å². The molecule has 0 bridgehead atoms. The largest absolute Gasteiger partial charge is 0.390 e. The maximum Gasteiger partial charge on any atom is 0.237 e. The molecule has 0 spiro atoms. The molecule has 1 aromatic rings. The van der Waals surface area contributed by atoms with E-state index in [0.717, 1.165) is 18.5 Å². The number of sulfonamides is 1. The maximum absolute atomic E-state index is 11.8. The topological polar surface area (TPSA) is 79.3 Å². The van der Waals surface area contributed by atoms with E-state index in [2.05, 4.69) is 9.71 Å². The van der Waals surface area contributed by atoms with Crippen molar-refractivity contribution in [2.24, 2.45) is 0 Å². The predicted molar refractivity (Wildman–Crippen MR) is 76.9 cm³/mol. The summed E-state index contributed by atoms with van der Waals surface area (Å²) in [4.78, 5) is 4.25. The first kappa shape index (κ1) is 14.7. The Bertz CT molecular complexity index is 531. The average molecular weight is 304 g/mol. The number of thiazole rings is 1. The zero-order chi connectivity index (χ0) is 14.1. The van der Waals surface area contributed by atoms with Gasteiger partial charge in [-0.3, -0.25) is 4.72 Å². The molecule has 1 saturated carbocycles. The van der Waals surface area contributed by atoms with Gasteiger partial charge in [0.25, 0.3) is 0 Å². The molecule has 5 nitrogen and oxygen atoms in total.